The van der Waals surface area contributed by atoms with Crippen molar-refractivity contribution in [3.05, 3.63) is 48.5 Å². The summed E-state index contributed by atoms with van der Waals surface area (Å²) in [5.41, 5.74) is 0.700. The van der Waals surface area contributed by atoms with Crippen molar-refractivity contribution >= 4 is 37.3 Å². The van der Waals surface area contributed by atoms with E-state index in [0.717, 1.165) is 12.8 Å². The molecule has 0 bridgehead atoms. The molecular weight excluding hydrogens is 430 g/mol. The highest BCUT2D eigenvalue weighted by Crippen LogP contribution is 2.20. The highest BCUT2D eigenvalue weighted by atomic mass is 32.2. The lowest BCUT2D eigenvalue weighted by molar-refractivity contribution is -0.114. The summed E-state index contributed by atoms with van der Waals surface area (Å²) < 4.78 is 60.1. The van der Waals surface area contributed by atoms with Gasteiger partial charge in [0.15, 0.2) is 0 Å². The molecule has 0 aliphatic carbocycles. The van der Waals surface area contributed by atoms with E-state index in [4.69, 9.17) is 4.74 Å². The lowest BCUT2D eigenvalue weighted by Gasteiger charge is -2.12. The van der Waals surface area contributed by atoms with E-state index >= 15 is 0 Å². The van der Waals surface area contributed by atoms with E-state index in [0.29, 0.717) is 12.3 Å². The summed E-state index contributed by atoms with van der Waals surface area (Å²) >= 11 is 0. The Kier molecular flexibility index (Phi) is 6.76. The van der Waals surface area contributed by atoms with Crippen molar-refractivity contribution in [1.82, 2.24) is 4.72 Å². The fourth-order valence-corrected chi connectivity index (χ4v) is 5.05. The molecule has 1 fully saturated rings. The smallest absolute Gasteiger partial charge is 0.261 e. The van der Waals surface area contributed by atoms with Crippen molar-refractivity contribution in [3.8, 4) is 0 Å². The maximum absolute atomic E-state index is 12.5. The Morgan fingerprint density at radius 1 is 0.933 bits per heavy atom. The topological polar surface area (TPSA) is 131 Å². The molecule has 9 nitrogen and oxygen atoms in total. The van der Waals surface area contributed by atoms with E-state index in [1.54, 1.807) is 0 Å². The molecule has 1 saturated heterocycles. The first-order chi connectivity index (χ1) is 14.2. The van der Waals surface area contributed by atoms with Gasteiger partial charge in [-0.05, 0) is 61.4 Å². The molecule has 0 aromatic heterocycles. The van der Waals surface area contributed by atoms with Gasteiger partial charge in [-0.3, -0.25) is 9.52 Å². The monoisotopic (exact) mass is 453 g/mol. The van der Waals surface area contributed by atoms with Crippen LogP contribution in [0.25, 0.3) is 0 Å². The van der Waals surface area contributed by atoms with Crippen LogP contribution < -0.4 is 14.8 Å². The second-order valence-electron chi connectivity index (χ2n) is 6.82. The predicted octanol–water partition coefficient (Wildman–Crippen LogP) is 1.90. The number of hydrogen-bond acceptors (Lipinski definition) is 6. The minimum absolute atomic E-state index is 0.00605. The second kappa shape index (κ2) is 9.13. The van der Waals surface area contributed by atoms with Crippen molar-refractivity contribution in [1.29, 1.82) is 0 Å². The number of benzene rings is 2. The first-order valence-electron chi connectivity index (χ1n) is 9.27. The Balaban J connectivity index is 1.66. The second-order valence-corrected chi connectivity index (χ2v) is 10.3. The summed E-state index contributed by atoms with van der Waals surface area (Å²) in [5, 5.41) is 2.56. The molecule has 0 spiro atoms. The summed E-state index contributed by atoms with van der Waals surface area (Å²) in [4.78, 5) is 11.1. The van der Waals surface area contributed by atoms with E-state index in [9.17, 15) is 21.6 Å². The number of anilines is 2. The van der Waals surface area contributed by atoms with Crippen LogP contribution in [0.2, 0.25) is 0 Å². The number of carbonyl (C=O) groups is 1. The molecule has 162 valence electrons. The Bertz CT molecular complexity index is 1090. The number of rotatable bonds is 8. The molecule has 1 heterocycles. The van der Waals surface area contributed by atoms with Crippen molar-refractivity contribution in [2.45, 2.75) is 35.7 Å². The Labute approximate surface area is 175 Å². The highest BCUT2D eigenvalue weighted by molar-refractivity contribution is 7.92. The molecule has 1 aliphatic rings. The molecule has 1 atom stereocenters. The fourth-order valence-electron chi connectivity index (χ4n) is 2.93. The van der Waals surface area contributed by atoms with Gasteiger partial charge >= 0.3 is 0 Å². The summed E-state index contributed by atoms with van der Waals surface area (Å²) in [6, 6.07) is 11.1. The Hall–Kier alpha value is -2.47. The van der Waals surface area contributed by atoms with E-state index in [2.05, 4.69) is 14.8 Å². The maximum Gasteiger partial charge on any atom is 0.261 e. The standard InChI is InChI=1S/C19H23N3O6S2/c1-14(23)21-15-4-8-19(9-5-15)30(26,27)22-16-6-10-18(11-7-16)29(24,25)20-13-17-3-2-12-28-17/h4-11,17,20,22H,2-3,12-13H2,1H3,(H,21,23)/t17-/m0/s1. The molecule has 30 heavy (non-hydrogen) atoms. The van der Waals surface area contributed by atoms with E-state index in [1.807, 2.05) is 0 Å². The van der Waals surface area contributed by atoms with E-state index in [-0.39, 0.29) is 34.0 Å². The number of nitrogens with one attached hydrogen (secondary N) is 3. The van der Waals surface area contributed by atoms with Crippen LogP contribution in [0.4, 0.5) is 11.4 Å². The molecule has 2 aromatic rings. The third-order valence-corrected chi connectivity index (χ3v) is 7.26. The maximum atomic E-state index is 12.5. The zero-order chi connectivity index (χ0) is 21.8. The van der Waals surface area contributed by atoms with Gasteiger partial charge in [0.1, 0.15) is 0 Å². The van der Waals surface area contributed by atoms with Crippen molar-refractivity contribution in [2.24, 2.45) is 0 Å². The van der Waals surface area contributed by atoms with Gasteiger partial charge in [0.25, 0.3) is 10.0 Å². The normalized spacial score (nSPS) is 16.9. The predicted molar refractivity (Wildman–Crippen MR) is 112 cm³/mol. The number of sulfonamides is 2. The van der Waals surface area contributed by atoms with E-state index < -0.39 is 20.0 Å². The van der Waals surface area contributed by atoms with Gasteiger partial charge in [-0.15, -0.1) is 0 Å². The molecule has 2 aromatic carbocycles. The van der Waals surface area contributed by atoms with Gasteiger partial charge in [0.05, 0.1) is 15.9 Å². The molecule has 0 saturated carbocycles. The van der Waals surface area contributed by atoms with Crippen LogP contribution in [0.3, 0.4) is 0 Å². The number of carbonyl (C=O) groups excluding carboxylic acids is 1. The van der Waals surface area contributed by atoms with Crippen molar-refractivity contribution in [2.75, 3.05) is 23.2 Å². The lowest BCUT2D eigenvalue weighted by Crippen LogP contribution is -2.31. The van der Waals surface area contributed by atoms with Gasteiger partial charge in [0.2, 0.25) is 15.9 Å². The summed E-state index contributed by atoms with van der Waals surface area (Å²) in [6.45, 7) is 2.19. The average molecular weight is 454 g/mol. The molecular formula is C19H23N3O6S2. The Morgan fingerprint density at radius 2 is 1.50 bits per heavy atom. The van der Waals surface area contributed by atoms with Crippen LogP contribution in [0, 0.1) is 0 Å². The number of hydrogen-bond donors (Lipinski definition) is 3. The first-order valence-corrected chi connectivity index (χ1v) is 12.2. The van der Waals surface area contributed by atoms with Gasteiger partial charge in [0, 0.05) is 31.5 Å². The quantitative estimate of drug-likeness (QED) is 0.560. The Morgan fingerprint density at radius 3 is 2.03 bits per heavy atom. The van der Waals surface area contributed by atoms with Crippen molar-refractivity contribution < 1.29 is 26.4 Å². The summed E-state index contributed by atoms with van der Waals surface area (Å²) in [7, 11) is -7.59. The molecule has 3 rings (SSSR count). The molecule has 1 amide bonds. The average Bonchev–Trinajstić information content (AvgIpc) is 3.20. The van der Waals surface area contributed by atoms with Crippen molar-refractivity contribution in [3.63, 3.8) is 0 Å². The van der Waals surface area contributed by atoms with Crippen LogP contribution in [-0.4, -0.2) is 42.0 Å². The van der Waals surface area contributed by atoms with Crippen LogP contribution >= 0.6 is 0 Å². The summed E-state index contributed by atoms with van der Waals surface area (Å²) in [5.74, 6) is -0.260. The minimum atomic E-state index is -3.87. The minimum Gasteiger partial charge on any atom is -0.377 e. The van der Waals surface area contributed by atoms with Crippen LogP contribution in [0.15, 0.2) is 58.3 Å². The number of amides is 1. The third kappa shape index (κ3) is 5.79. The van der Waals surface area contributed by atoms with Gasteiger partial charge in [-0.1, -0.05) is 0 Å². The first kappa shape index (κ1) is 22.2. The summed E-state index contributed by atoms with van der Waals surface area (Å²) in [6.07, 6.45) is 1.61. The van der Waals surface area contributed by atoms with Crippen LogP contribution in [0.5, 0.6) is 0 Å². The molecule has 1 aliphatic heterocycles. The van der Waals surface area contributed by atoms with Gasteiger partial charge in [-0.25, -0.2) is 21.6 Å². The van der Waals surface area contributed by atoms with E-state index in [1.165, 1.54) is 55.5 Å². The molecule has 0 radical (unpaired) electrons. The number of ether oxygens (including phenoxy) is 1. The van der Waals surface area contributed by atoms with Crippen LogP contribution in [0.1, 0.15) is 19.8 Å². The molecule has 11 heteroatoms. The highest BCUT2D eigenvalue weighted by Gasteiger charge is 2.21. The van der Waals surface area contributed by atoms with Gasteiger partial charge in [-0.2, -0.15) is 0 Å². The molecule has 3 N–H and O–H groups in total. The SMILES string of the molecule is CC(=O)Nc1ccc(S(=O)(=O)Nc2ccc(S(=O)(=O)NC[C@@H]3CCCO3)cc2)cc1. The zero-order valence-electron chi connectivity index (χ0n) is 16.3. The van der Waals surface area contributed by atoms with Crippen LogP contribution in [-0.2, 0) is 29.6 Å². The van der Waals surface area contributed by atoms with Gasteiger partial charge < -0.3 is 10.1 Å². The third-order valence-electron chi connectivity index (χ3n) is 4.43. The zero-order valence-corrected chi connectivity index (χ0v) is 17.9. The largest absolute Gasteiger partial charge is 0.377 e. The fraction of sp³-hybridized carbons (Fsp3) is 0.316. The lowest BCUT2D eigenvalue weighted by atomic mass is 10.2. The molecule has 0 unspecified atom stereocenters.